The SMILES string of the molecule is CC(C)C1NCN(CC2CCOC2C)C1=O. The lowest BCUT2D eigenvalue weighted by molar-refractivity contribution is -0.130. The van der Waals surface area contributed by atoms with E-state index < -0.39 is 0 Å². The molecule has 0 radical (unpaired) electrons. The molecular formula is C12H22N2O2. The van der Waals surface area contributed by atoms with Crippen molar-refractivity contribution in [3.63, 3.8) is 0 Å². The predicted octanol–water partition coefficient (Wildman–Crippen LogP) is 0.825. The molecule has 0 aliphatic carbocycles. The number of nitrogens with zero attached hydrogens (tertiary/aromatic N) is 1. The second-order valence-corrected chi connectivity index (χ2v) is 5.27. The maximum Gasteiger partial charge on any atom is 0.241 e. The second-order valence-electron chi connectivity index (χ2n) is 5.27. The van der Waals surface area contributed by atoms with Crippen molar-refractivity contribution in [2.24, 2.45) is 11.8 Å². The summed E-state index contributed by atoms with van der Waals surface area (Å²) in [5, 5.41) is 3.28. The van der Waals surface area contributed by atoms with E-state index in [0.29, 0.717) is 24.6 Å². The molecule has 2 fully saturated rings. The smallest absolute Gasteiger partial charge is 0.241 e. The zero-order valence-electron chi connectivity index (χ0n) is 10.4. The van der Waals surface area contributed by atoms with Crippen LogP contribution in [0.5, 0.6) is 0 Å². The minimum absolute atomic E-state index is 0.0117. The summed E-state index contributed by atoms with van der Waals surface area (Å²) in [5.41, 5.74) is 0. The van der Waals surface area contributed by atoms with Crippen LogP contribution in [0.2, 0.25) is 0 Å². The third-order valence-corrected chi connectivity index (χ3v) is 3.73. The molecule has 2 aliphatic heterocycles. The molecule has 0 spiro atoms. The van der Waals surface area contributed by atoms with Gasteiger partial charge in [0.15, 0.2) is 0 Å². The number of hydrogen-bond donors (Lipinski definition) is 1. The zero-order valence-corrected chi connectivity index (χ0v) is 10.4. The first-order chi connectivity index (χ1) is 7.59. The molecule has 0 aromatic carbocycles. The first kappa shape index (κ1) is 11.9. The van der Waals surface area contributed by atoms with Crippen LogP contribution >= 0.6 is 0 Å². The molecule has 3 atom stereocenters. The van der Waals surface area contributed by atoms with Crippen molar-refractivity contribution in [3.05, 3.63) is 0 Å². The molecule has 4 nitrogen and oxygen atoms in total. The fraction of sp³-hybridized carbons (Fsp3) is 0.917. The molecule has 2 aliphatic rings. The van der Waals surface area contributed by atoms with Gasteiger partial charge in [-0.1, -0.05) is 13.8 Å². The molecule has 16 heavy (non-hydrogen) atoms. The van der Waals surface area contributed by atoms with Gasteiger partial charge in [-0.2, -0.15) is 0 Å². The van der Waals surface area contributed by atoms with Crippen LogP contribution in [-0.2, 0) is 9.53 Å². The van der Waals surface area contributed by atoms with E-state index in [1.165, 1.54) is 0 Å². The molecule has 4 heteroatoms. The number of amides is 1. The topological polar surface area (TPSA) is 41.6 Å². The lowest BCUT2D eigenvalue weighted by atomic mass is 10.0. The minimum Gasteiger partial charge on any atom is -0.378 e. The van der Waals surface area contributed by atoms with Gasteiger partial charge in [0.25, 0.3) is 0 Å². The van der Waals surface area contributed by atoms with Gasteiger partial charge in [-0.25, -0.2) is 0 Å². The molecule has 0 aromatic heterocycles. The summed E-state index contributed by atoms with van der Waals surface area (Å²) in [6.07, 6.45) is 1.38. The number of carbonyl (C=O) groups is 1. The van der Waals surface area contributed by atoms with E-state index in [4.69, 9.17) is 4.74 Å². The molecule has 2 rings (SSSR count). The van der Waals surface area contributed by atoms with Crippen LogP contribution in [-0.4, -0.2) is 42.8 Å². The Balaban J connectivity index is 1.89. The van der Waals surface area contributed by atoms with Crippen molar-refractivity contribution >= 4 is 5.91 Å². The van der Waals surface area contributed by atoms with Gasteiger partial charge in [0.2, 0.25) is 5.91 Å². The second kappa shape index (κ2) is 4.72. The quantitative estimate of drug-likeness (QED) is 0.775. The van der Waals surface area contributed by atoms with Crippen LogP contribution < -0.4 is 5.32 Å². The maximum atomic E-state index is 12.1. The van der Waals surface area contributed by atoms with Crippen molar-refractivity contribution < 1.29 is 9.53 Å². The monoisotopic (exact) mass is 226 g/mol. The summed E-state index contributed by atoms with van der Waals surface area (Å²) in [5.74, 6) is 1.14. The highest BCUT2D eigenvalue weighted by Crippen LogP contribution is 2.23. The van der Waals surface area contributed by atoms with Crippen LogP contribution in [0.4, 0.5) is 0 Å². The van der Waals surface area contributed by atoms with Gasteiger partial charge in [-0.05, 0) is 19.3 Å². The van der Waals surface area contributed by atoms with Crippen LogP contribution in [0.25, 0.3) is 0 Å². The molecule has 3 unspecified atom stereocenters. The summed E-state index contributed by atoms with van der Waals surface area (Å²) < 4.78 is 5.53. The Morgan fingerprint density at radius 3 is 2.81 bits per heavy atom. The Bertz CT molecular complexity index is 268. The van der Waals surface area contributed by atoms with E-state index >= 15 is 0 Å². The highest BCUT2D eigenvalue weighted by Gasteiger charge is 2.36. The van der Waals surface area contributed by atoms with Crippen molar-refractivity contribution in [2.75, 3.05) is 19.8 Å². The Hall–Kier alpha value is -0.610. The largest absolute Gasteiger partial charge is 0.378 e. The third kappa shape index (κ3) is 2.23. The zero-order chi connectivity index (χ0) is 11.7. The van der Waals surface area contributed by atoms with E-state index in [1.54, 1.807) is 0 Å². The average molecular weight is 226 g/mol. The Kier molecular flexibility index (Phi) is 3.50. The molecule has 1 amide bonds. The number of carbonyl (C=O) groups excluding carboxylic acids is 1. The summed E-state index contributed by atoms with van der Waals surface area (Å²) in [6.45, 7) is 8.66. The van der Waals surface area contributed by atoms with Crippen LogP contribution in [0.3, 0.4) is 0 Å². The van der Waals surface area contributed by atoms with Crippen LogP contribution in [0, 0.1) is 11.8 Å². The molecule has 0 aromatic rings. The minimum atomic E-state index is 0.0117. The molecule has 1 N–H and O–H groups in total. The molecule has 0 bridgehead atoms. The molecular weight excluding hydrogens is 204 g/mol. The predicted molar refractivity (Wildman–Crippen MR) is 61.9 cm³/mol. The van der Waals surface area contributed by atoms with Gasteiger partial charge in [0, 0.05) is 19.1 Å². The average Bonchev–Trinajstić information content (AvgIpc) is 2.76. The standard InChI is InChI=1S/C12H22N2O2/c1-8(2)11-12(15)14(7-13-11)6-10-4-5-16-9(10)3/h8-11,13H,4-7H2,1-3H3. The van der Waals surface area contributed by atoms with Crippen LogP contribution in [0.1, 0.15) is 27.2 Å². The highest BCUT2D eigenvalue weighted by molar-refractivity contribution is 5.84. The molecule has 0 saturated carbocycles. The van der Waals surface area contributed by atoms with E-state index in [1.807, 2.05) is 4.90 Å². The van der Waals surface area contributed by atoms with Gasteiger partial charge in [0.05, 0.1) is 18.8 Å². The lowest BCUT2D eigenvalue weighted by Crippen LogP contribution is -2.37. The Morgan fingerprint density at radius 2 is 2.31 bits per heavy atom. The van der Waals surface area contributed by atoms with Gasteiger partial charge < -0.3 is 9.64 Å². The van der Waals surface area contributed by atoms with Gasteiger partial charge >= 0.3 is 0 Å². The molecule has 2 heterocycles. The third-order valence-electron chi connectivity index (χ3n) is 3.73. The van der Waals surface area contributed by atoms with Crippen molar-refractivity contribution in [1.29, 1.82) is 0 Å². The first-order valence-electron chi connectivity index (χ1n) is 6.23. The van der Waals surface area contributed by atoms with Crippen molar-refractivity contribution in [1.82, 2.24) is 10.2 Å². The van der Waals surface area contributed by atoms with E-state index in [2.05, 4.69) is 26.1 Å². The van der Waals surface area contributed by atoms with Gasteiger partial charge in [-0.3, -0.25) is 10.1 Å². The summed E-state index contributed by atoms with van der Waals surface area (Å²) in [7, 11) is 0. The number of nitrogens with one attached hydrogen (secondary N) is 1. The summed E-state index contributed by atoms with van der Waals surface area (Å²) >= 11 is 0. The highest BCUT2D eigenvalue weighted by atomic mass is 16.5. The van der Waals surface area contributed by atoms with E-state index in [-0.39, 0.29) is 11.9 Å². The maximum absolute atomic E-state index is 12.1. The van der Waals surface area contributed by atoms with E-state index in [9.17, 15) is 4.79 Å². The van der Waals surface area contributed by atoms with Crippen LogP contribution in [0.15, 0.2) is 0 Å². The summed E-state index contributed by atoms with van der Waals surface area (Å²) in [4.78, 5) is 14.0. The van der Waals surface area contributed by atoms with Gasteiger partial charge in [0.1, 0.15) is 0 Å². The fourth-order valence-corrected chi connectivity index (χ4v) is 2.54. The number of ether oxygens (including phenoxy) is 1. The Morgan fingerprint density at radius 1 is 1.56 bits per heavy atom. The number of rotatable bonds is 3. The van der Waals surface area contributed by atoms with Crippen molar-refractivity contribution in [3.8, 4) is 0 Å². The number of hydrogen-bond acceptors (Lipinski definition) is 3. The normalized spacial score (nSPS) is 35.4. The van der Waals surface area contributed by atoms with Gasteiger partial charge in [-0.15, -0.1) is 0 Å². The first-order valence-corrected chi connectivity index (χ1v) is 6.23. The lowest BCUT2D eigenvalue weighted by Gasteiger charge is -2.22. The fourth-order valence-electron chi connectivity index (χ4n) is 2.54. The van der Waals surface area contributed by atoms with E-state index in [0.717, 1.165) is 19.6 Å². The molecule has 92 valence electrons. The molecule has 2 saturated heterocycles. The Labute approximate surface area is 97.3 Å². The summed E-state index contributed by atoms with van der Waals surface area (Å²) in [6, 6.07) is 0.0117. The van der Waals surface area contributed by atoms with Crippen molar-refractivity contribution in [2.45, 2.75) is 39.3 Å².